The Morgan fingerprint density at radius 3 is 2.70 bits per heavy atom. The quantitative estimate of drug-likeness (QED) is 0.445. The zero-order chi connectivity index (χ0) is 14.7. The molecule has 20 heavy (non-hydrogen) atoms. The van der Waals surface area contributed by atoms with Gasteiger partial charge in [0.15, 0.2) is 0 Å². The molecule has 0 radical (unpaired) electrons. The Balaban J connectivity index is 2.48. The third-order valence-corrected chi connectivity index (χ3v) is 3.64. The average molecular weight is 339 g/mol. The number of hydrogen-bond acceptors (Lipinski definition) is 7. The van der Waals surface area contributed by atoms with Crippen LogP contribution < -0.4 is 16.6 Å². The maximum Gasteiger partial charge on any atom is 0.354 e. The molecule has 0 atom stereocenters. The van der Waals surface area contributed by atoms with E-state index in [0.29, 0.717) is 5.69 Å². The first kappa shape index (κ1) is 14.2. The molecule has 2 rings (SSSR count). The second-order valence-electron chi connectivity index (χ2n) is 3.88. The fraction of sp³-hybridized carbons (Fsp3) is 0.0909. The van der Waals surface area contributed by atoms with Crippen molar-refractivity contribution in [2.75, 3.05) is 10.7 Å². The number of halogens is 1. The first-order valence-electron chi connectivity index (χ1n) is 5.52. The number of nitrogens with one attached hydrogen (secondary N) is 2. The van der Waals surface area contributed by atoms with Crippen LogP contribution in [0.15, 0.2) is 29.0 Å². The number of anilines is 3. The van der Waals surface area contributed by atoms with Gasteiger partial charge in [0.05, 0.1) is 10.6 Å². The Morgan fingerprint density at radius 2 is 2.05 bits per heavy atom. The Hall–Kier alpha value is -2.26. The standard InChI is InChI=1S/C11H11BrN6O2/c1-6-3-2-4-7(8(6)12)16-10-9(18(19)20)11(17-13)15-5-14-10/h2-5H,13H2,1H3,(H2,14,15,16,17). The molecule has 0 aliphatic heterocycles. The summed E-state index contributed by atoms with van der Waals surface area (Å²) in [5, 5.41) is 14.0. The van der Waals surface area contributed by atoms with E-state index in [1.54, 1.807) is 6.07 Å². The van der Waals surface area contributed by atoms with E-state index in [0.717, 1.165) is 10.0 Å². The molecule has 1 heterocycles. The highest BCUT2D eigenvalue weighted by molar-refractivity contribution is 9.10. The molecule has 0 spiro atoms. The van der Waals surface area contributed by atoms with Gasteiger partial charge in [-0.1, -0.05) is 12.1 Å². The van der Waals surface area contributed by atoms with Crippen LogP contribution in [0.5, 0.6) is 0 Å². The predicted molar refractivity (Wildman–Crippen MR) is 78.7 cm³/mol. The van der Waals surface area contributed by atoms with E-state index < -0.39 is 4.92 Å². The van der Waals surface area contributed by atoms with E-state index in [9.17, 15) is 10.1 Å². The zero-order valence-corrected chi connectivity index (χ0v) is 12.0. The number of benzene rings is 1. The van der Waals surface area contributed by atoms with Crippen molar-refractivity contribution in [2.45, 2.75) is 6.92 Å². The Morgan fingerprint density at radius 1 is 1.35 bits per heavy atom. The maximum absolute atomic E-state index is 11.1. The van der Waals surface area contributed by atoms with E-state index in [1.165, 1.54) is 6.33 Å². The first-order valence-corrected chi connectivity index (χ1v) is 6.32. The van der Waals surface area contributed by atoms with E-state index in [-0.39, 0.29) is 17.3 Å². The van der Waals surface area contributed by atoms with Gasteiger partial charge in [0, 0.05) is 4.47 Å². The van der Waals surface area contributed by atoms with Crippen LogP contribution in [0.2, 0.25) is 0 Å². The lowest BCUT2D eigenvalue weighted by Crippen LogP contribution is -2.12. The summed E-state index contributed by atoms with van der Waals surface area (Å²) in [5.74, 6) is 5.22. The summed E-state index contributed by atoms with van der Waals surface area (Å²) in [6.45, 7) is 1.91. The minimum Gasteiger partial charge on any atom is -0.333 e. The average Bonchev–Trinajstić information content (AvgIpc) is 2.43. The number of nitrogens with zero attached hydrogens (tertiary/aromatic N) is 3. The molecule has 1 aromatic carbocycles. The minimum absolute atomic E-state index is 0.0590. The molecule has 9 heteroatoms. The van der Waals surface area contributed by atoms with Crippen molar-refractivity contribution in [1.82, 2.24) is 9.97 Å². The van der Waals surface area contributed by atoms with Gasteiger partial charge in [-0.2, -0.15) is 0 Å². The molecule has 2 aromatic rings. The molecule has 0 fully saturated rings. The highest BCUT2D eigenvalue weighted by Crippen LogP contribution is 2.33. The van der Waals surface area contributed by atoms with Crippen molar-refractivity contribution < 1.29 is 4.92 Å². The molecule has 4 N–H and O–H groups in total. The number of nitro groups is 1. The van der Waals surface area contributed by atoms with Crippen LogP contribution >= 0.6 is 15.9 Å². The van der Waals surface area contributed by atoms with Crippen LogP contribution in [0.4, 0.5) is 23.0 Å². The van der Waals surface area contributed by atoms with Crippen LogP contribution in [-0.4, -0.2) is 14.9 Å². The molecule has 0 saturated carbocycles. The summed E-state index contributed by atoms with van der Waals surface area (Å²) in [4.78, 5) is 18.1. The van der Waals surface area contributed by atoms with E-state index in [2.05, 4.69) is 36.6 Å². The number of nitrogen functional groups attached to an aromatic ring is 1. The van der Waals surface area contributed by atoms with Crippen LogP contribution in [0.1, 0.15) is 5.56 Å². The summed E-state index contributed by atoms with van der Waals surface area (Å²) in [6.07, 6.45) is 1.19. The largest absolute Gasteiger partial charge is 0.354 e. The van der Waals surface area contributed by atoms with Crippen molar-refractivity contribution in [3.63, 3.8) is 0 Å². The number of aryl methyl sites for hydroxylation is 1. The molecule has 0 unspecified atom stereocenters. The van der Waals surface area contributed by atoms with Gasteiger partial charge in [-0.05, 0) is 34.5 Å². The topological polar surface area (TPSA) is 119 Å². The van der Waals surface area contributed by atoms with E-state index in [1.807, 2.05) is 19.1 Å². The van der Waals surface area contributed by atoms with Gasteiger partial charge in [-0.25, -0.2) is 15.8 Å². The van der Waals surface area contributed by atoms with Crippen molar-refractivity contribution in [1.29, 1.82) is 0 Å². The molecule has 104 valence electrons. The van der Waals surface area contributed by atoms with Gasteiger partial charge in [0.2, 0.25) is 11.6 Å². The smallest absolute Gasteiger partial charge is 0.333 e. The second kappa shape index (κ2) is 5.80. The lowest BCUT2D eigenvalue weighted by atomic mass is 10.2. The van der Waals surface area contributed by atoms with Crippen LogP contribution in [0, 0.1) is 17.0 Å². The molecular formula is C11H11BrN6O2. The highest BCUT2D eigenvalue weighted by Gasteiger charge is 2.23. The van der Waals surface area contributed by atoms with Crippen molar-refractivity contribution >= 4 is 38.9 Å². The van der Waals surface area contributed by atoms with E-state index >= 15 is 0 Å². The third-order valence-electron chi connectivity index (χ3n) is 2.59. The molecule has 0 aliphatic carbocycles. The van der Waals surface area contributed by atoms with Crippen molar-refractivity contribution in [3.05, 3.63) is 44.7 Å². The molecule has 0 bridgehead atoms. The Kier molecular flexibility index (Phi) is 4.11. The monoisotopic (exact) mass is 338 g/mol. The molecular weight excluding hydrogens is 328 g/mol. The summed E-state index contributed by atoms with van der Waals surface area (Å²) < 4.78 is 0.801. The summed E-state index contributed by atoms with van der Waals surface area (Å²) in [7, 11) is 0. The second-order valence-corrected chi connectivity index (χ2v) is 4.68. The van der Waals surface area contributed by atoms with Crippen LogP contribution in [-0.2, 0) is 0 Å². The van der Waals surface area contributed by atoms with Gasteiger partial charge < -0.3 is 10.7 Å². The molecule has 8 nitrogen and oxygen atoms in total. The van der Waals surface area contributed by atoms with Crippen LogP contribution in [0.3, 0.4) is 0 Å². The lowest BCUT2D eigenvalue weighted by molar-refractivity contribution is -0.383. The summed E-state index contributed by atoms with van der Waals surface area (Å²) in [6, 6.07) is 5.52. The van der Waals surface area contributed by atoms with Crippen molar-refractivity contribution in [2.24, 2.45) is 5.84 Å². The van der Waals surface area contributed by atoms with Gasteiger partial charge in [0.25, 0.3) is 0 Å². The normalized spacial score (nSPS) is 10.2. The van der Waals surface area contributed by atoms with Gasteiger partial charge >= 0.3 is 5.69 Å². The molecule has 0 aliphatic rings. The molecule has 1 aromatic heterocycles. The fourth-order valence-corrected chi connectivity index (χ4v) is 1.98. The fourth-order valence-electron chi connectivity index (χ4n) is 1.62. The van der Waals surface area contributed by atoms with Gasteiger partial charge in [0.1, 0.15) is 6.33 Å². The van der Waals surface area contributed by atoms with Gasteiger partial charge in [-0.3, -0.25) is 10.1 Å². The number of hydrogen-bond donors (Lipinski definition) is 3. The summed E-state index contributed by atoms with van der Waals surface area (Å²) >= 11 is 3.42. The molecule has 0 amide bonds. The molecule has 0 saturated heterocycles. The lowest BCUT2D eigenvalue weighted by Gasteiger charge is -2.10. The first-order chi connectivity index (χ1) is 9.54. The van der Waals surface area contributed by atoms with Crippen molar-refractivity contribution in [3.8, 4) is 0 Å². The number of rotatable bonds is 4. The Labute approximate surface area is 122 Å². The van der Waals surface area contributed by atoms with Gasteiger partial charge in [-0.15, -0.1) is 0 Å². The number of aromatic nitrogens is 2. The number of hydrazine groups is 1. The summed E-state index contributed by atoms with van der Waals surface area (Å²) in [5.41, 5.74) is 3.52. The predicted octanol–water partition coefficient (Wildman–Crippen LogP) is 2.48. The van der Waals surface area contributed by atoms with E-state index in [4.69, 9.17) is 5.84 Å². The third kappa shape index (κ3) is 2.68. The SMILES string of the molecule is Cc1cccc(Nc2ncnc(NN)c2[N+](=O)[O-])c1Br. The highest BCUT2D eigenvalue weighted by atomic mass is 79.9. The van der Waals surface area contributed by atoms with Crippen LogP contribution in [0.25, 0.3) is 0 Å². The minimum atomic E-state index is -0.596. The number of nitrogens with two attached hydrogens (primary N) is 1. The Bertz CT molecular complexity index is 663. The maximum atomic E-state index is 11.1. The zero-order valence-electron chi connectivity index (χ0n) is 10.4.